The first kappa shape index (κ1) is 19.2. The molecule has 26 heavy (non-hydrogen) atoms. The number of morpholine rings is 1. The highest BCUT2D eigenvalue weighted by molar-refractivity contribution is 5.94. The van der Waals surface area contributed by atoms with Gasteiger partial charge in [0.2, 0.25) is 0 Å². The first-order chi connectivity index (χ1) is 12.5. The highest BCUT2D eigenvalue weighted by Crippen LogP contribution is 2.40. The molecule has 3 rings (SSSR count). The fraction of sp³-hybridized carbons (Fsp3) is 0.682. The zero-order valence-corrected chi connectivity index (χ0v) is 16.6. The van der Waals surface area contributed by atoms with Crippen molar-refractivity contribution in [2.45, 2.75) is 58.9 Å². The Morgan fingerprint density at radius 3 is 2.31 bits per heavy atom. The topological polar surface area (TPSA) is 41.6 Å². The number of amides is 1. The number of anilines is 1. The van der Waals surface area contributed by atoms with Crippen LogP contribution in [0.15, 0.2) is 24.3 Å². The molecule has 1 saturated carbocycles. The van der Waals surface area contributed by atoms with Crippen LogP contribution in [0, 0.1) is 11.3 Å². The molecule has 1 N–H and O–H groups in total. The number of nitrogens with zero attached hydrogens (tertiary/aromatic N) is 1. The Morgan fingerprint density at radius 1 is 1.12 bits per heavy atom. The lowest BCUT2D eigenvalue weighted by molar-refractivity contribution is 0.0893. The Bertz CT molecular complexity index is 583. The van der Waals surface area contributed by atoms with E-state index >= 15 is 0 Å². The molecule has 1 aliphatic carbocycles. The van der Waals surface area contributed by atoms with Crippen LogP contribution in [0.1, 0.15) is 63.2 Å². The molecule has 2 fully saturated rings. The largest absolute Gasteiger partial charge is 0.378 e. The van der Waals surface area contributed by atoms with Crippen molar-refractivity contribution in [1.29, 1.82) is 0 Å². The Morgan fingerprint density at radius 2 is 1.73 bits per heavy atom. The fourth-order valence-corrected chi connectivity index (χ4v) is 4.22. The van der Waals surface area contributed by atoms with Crippen LogP contribution in [0.5, 0.6) is 0 Å². The van der Waals surface area contributed by atoms with Crippen LogP contribution < -0.4 is 10.2 Å². The molecule has 2 aliphatic rings. The molecule has 1 amide bonds. The van der Waals surface area contributed by atoms with E-state index in [1.54, 1.807) is 0 Å². The summed E-state index contributed by atoms with van der Waals surface area (Å²) in [4.78, 5) is 14.9. The molecular weight excluding hydrogens is 324 g/mol. The molecule has 144 valence electrons. The molecule has 0 aromatic heterocycles. The van der Waals surface area contributed by atoms with Gasteiger partial charge < -0.3 is 15.0 Å². The molecular formula is C22H34N2O2. The van der Waals surface area contributed by atoms with Crippen LogP contribution in [-0.4, -0.2) is 38.3 Å². The van der Waals surface area contributed by atoms with Gasteiger partial charge in [-0.3, -0.25) is 4.79 Å². The van der Waals surface area contributed by atoms with Crippen LogP contribution in [-0.2, 0) is 4.74 Å². The van der Waals surface area contributed by atoms with Gasteiger partial charge in [-0.1, -0.05) is 27.2 Å². The average molecular weight is 359 g/mol. The number of ether oxygens (including phenoxy) is 1. The van der Waals surface area contributed by atoms with E-state index in [9.17, 15) is 4.79 Å². The Hall–Kier alpha value is -1.55. The van der Waals surface area contributed by atoms with Crippen molar-refractivity contribution in [3.05, 3.63) is 29.8 Å². The lowest BCUT2D eigenvalue weighted by Crippen LogP contribution is -2.40. The predicted octanol–water partition coefficient (Wildman–Crippen LogP) is 4.25. The van der Waals surface area contributed by atoms with Gasteiger partial charge in [0.05, 0.1) is 13.2 Å². The van der Waals surface area contributed by atoms with Crippen LogP contribution >= 0.6 is 0 Å². The molecule has 1 aliphatic heterocycles. The smallest absolute Gasteiger partial charge is 0.251 e. The molecule has 0 atom stereocenters. The van der Waals surface area contributed by atoms with E-state index in [4.69, 9.17) is 4.74 Å². The fourth-order valence-electron chi connectivity index (χ4n) is 4.22. The van der Waals surface area contributed by atoms with Gasteiger partial charge in [0.1, 0.15) is 0 Å². The Labute approximate surface area is 158 Å². The second kappa shape index (κ2) is 8.43. The Kier molecular flexibility index (Phi) is 6.23. The second-order valence-electron chi connectivity index (χ2n) is 8.51. The van der Waals surface area contributed by atoms with Gasteiger partial charge in [-0.2, -0.15) is 0 Å². The third-order valence-electron chi connectivity index (χ3n) is 6.58. The van der Waals surface area contributed by atoms with Gasteiger partial charge in [0.15, 0.2) is 0 Å². The third kappa shape index (κ3) is 4.59. The van der Waals surface area contributed by atoms with E-state index in [0.29, 0.717) is 11.5 Å². The normalized spacial score (nSPS) is 24.3. The number of benzene rings is 1. The minimum Gasteiger partial charge on any atom is -0.378 e. The number of hydrogen-bond acceptors (Lipinski definition) is 3. The van der Waals surface area contributed by atoms with Gasteiger partial charge in [0.25, 0.3) is 5.91 Å². The number of hydrogen-bond donors (Lipinski definition) is 1. The minimum atomic E-state index is 0.0664. The summed E-state index contributed by atoms with van der Waals surface area (Å²) in [5, 5.41) is 3.25. The van der Waals surface area contributed by atoms with E-state index in [1.165, 1.54) is 24.9 Å². The van der Waals surface area contributed by atoms with E-state index in [1.807, 2.05) is 12.1 Å². The first-order valence-electron chi connectivity index (χ1n) is 10.2. The van der Waals surface area contributed by atoms with Crippen LogP contribution in [0.2, 0.25) is 0 Å². The standard InChI is InChI=1S/C22H34N2O2/c1-4-22(2,3)18-7-9-19(10-8-18)23-21(25)17-5-11-20(12-6-17)24-13-15-26-16-14-24/h5-6,11-12,18-19H,4,7-10,13-16H2,1-3H3,(H,23,25). The maximum absolute atomic E-state index is 12.6. The summed E-state index contributed by atoms with van der Waals surface area (Å²) in [6.45, 7) is 10.4. The average Bonchev–Trinajstić information content (AvgIpc) is 2.69. The van der Waals surface area contributed by atoms with Crippen molar-refractivity contribution in [2.75, 3.05) is 31.2 Å². The number of carbonyl (C=O) groups excluding carboxylic acids is 1. The quantitative estimate of drug-likeness (QED) is 0.855. The van der Waals surface area contributed by atoms with Gasteiger partial charge >= 0.3 is 0 Å². The zero-order valence-electron chi connectivity index (χ0n) is 16.6. The van der Waals surface area contributed by atoms with Crippen molar-refractivity contribution in [3.63, 3.8) is 0 Å². The summed E-state index contributed by atoms with van der Waals surface area (Å²) in [5.74, 6) is 0.852. The molecule has 0 bridgehead atoms. The van der Waals surface area contributed by atoms with E-state index in [2.05, 4.69) is 43.1 Å². The van der Waals surface area contributed by atoms with E-state index in [-0.39, 0.29) is 5.91 Å². The molecule has 1 aromatic rings. The summed E-state index contributed by atoms with van der Waals surface area (Å²) in [5.41, 5.74) is 2.36. The highest BCUT2D eigenvalue weighted by Gasteiger charge is 2.32. The summed E-state index contributed by atoms with van der Waals surface area (Å²) in [6, 6.07) is 8.34. The maximum atomic E-state index is 12.6. The molecule has 1 heterocycles. The SMILES string of the molecule is CCC(C)(C)C1CCC(NC(=O)c2ccc(N3CCOCC3)cc2)CC1. The summed E-state index contributed by atoms with van der Waals surface area (Å²) in [6.07, 6.45) is 5.88. The molecule has 4 nitrogen and oxygen atoms in total. The number of rotatable bonds is 5. The molecule has 0 spiro atoms. The van der Waals surface area contributed by atoms with Crippen LogP contribution in [0.3, 0.4) is 0 Å². The minimum absolute atomic E-state index is 0.0664. The molecule has 0 radical (unpaired) electrons. The van der Waals surface area contributed by atoms with Crippen LogP contribution in [0.4, 0.5) is 5.69 Å². The molecule has 1 saturated heterocycles. The lowest BCUT2D eigenvalue weighted by Gasteiger charge is -2.39. The second-order valence-corrected chi connectivity index (χ2v) is 8.51. The van der Waals surface area contributed by atoms with E-state index < -0.39 is 0 Å². The summed E-state index contributed by atoms with van der Waals surface area (Å²) in [7, 11) is 0. The maximum Gasteiger partial charge on any atom is 0.251 e. The van der Waals surface area contributed by atoms with Crippen molar-refractivity contribution < 1.29 is 9.53 Å². The predicted molar refractivity (Wildman–Crippen MR) is 107 cm³/mol. The lowest BCUT2D eigenvalue weighted by atomic mass is 9.69. The highest BCUT2D eigenvalue weighted by atomic mass is 16.5. The molecule has 0 unspecified atom stereocenters. The van der Waals surface area contributed by atoms with Crippen molar-refractivity contribution in [1.82, 2.24) is 5.32 Å². The van der Waals surface area contributed by atoms with Crippen molar-refractivity contribution in [3.8, 4) is 0 Å². The molecule has 1 aromatic carbocycles. The third-order valence-corrected chi connectivity index (χ3v) is 6.58. The Balaban J connectivity index is 1.51. The monoisotopic (exact) mass is 358 g/mol. The van der Waals surface area contributed by atoms with Gasteiger partial charge in [-0.15, -0.1) is 0 Å². The summed E-state index contributed by atoms with van der Waals surface area (Å²) >= 11 is 0. The summed E-state index contributed by atoms with van der Waals surface area (Å²) < 4.78 is 5.40. The zero-order chi connectivity index (χ0) is 18.6. The van der Waals surface area contributed by atoms with Crippen molar-refractivity contribution in [2.24, 2.45) is 11.3 Å². The first-order valence-corrected chi connectivity index (χ1v) is 10.2. The number of carbonyl (C=O) groups is 1. The van der Waals surface area contributed by atoms with Gasteiger partial charge in [-0.05, 0) is 61.3 Å². The van der Waals surface area contributed by atoms with E-state index in [0.717, 1.165) is 50.6 Å². The molecule has 4 heteroatoms. The van der Waals surface area contributed by atoms with Crippen molar-refractivity contribution >= 4 is 11.6 Å². The van der Waals surface area contributed by atoms with Gasteiger partial charge in [0, 0.05) is 30.4 Å². The number of nitrogens with one attached hydrogen (secondary N) is 1. The van der Waals surface area contributed by atoms with Gasteiger partial charge in [-0.25, -0.2) is 0 Å². The van der Waals surface area contributed by atoms with Crippen LogP contribution in [0.25, 0.3) is 0 Å².